The molecular formula is C14H12FNO3. The summed E-state index contributed by atoms with van der Waals surface area (Å²) in [5.41, 5.74) is 1.37. The molecule has 2 aromatic rings. The van der Waals surface area contributed by atoms with Crippen LogP contribution in [0.4, 0.5) is 10.1 Å². The number of nitro benzene ring substituents is 1. The largest absolute Gasteiger partial charge is 0.489 e. The Morgan fingerprint density at radius 1 is 1.21 bits per heavy atom. The van der Waals surface area contributed by atoms with Crippen LogP contribution in [0.15, 0.2) is 42.5 Å². The molecule has 2 rings (SSSR count). The SMILES string of the molecule is Cc1ccc(OCc2ccc([N+](=O)[O-])cc2)cc1F. The van der Waals surface area contributed by atoms with Crippen molar-refractivity contribution in [1.29, 1.82) is 0 Å². The highest BCUT2D eigenvalue weighted by Crippen LogP contribution is 2.18. The van der Waals surface area contributed by atoms with E-state index in [0.717, 1.165) is 5.56 Å². The normalized spacial score (nSPS) is 10.2. The molecule has 0 spiro atoms. The highest BCUT2D eigenvalue weighted by Gasteiger charge is 2.05. The first-order valence-corrected chi connectivity index (χ1v) is 5.68. The first-order valence-electron chi connectivity index (χ1n) is 5.68. The fourth-order valence-electron chi connectivity index (χ4n) is 1.54. The van der Waals surface area contributed by atoms with Crippen LogP contribution in [0.5, 0.6) is 5.75 Å². The van der Waals surface area contributed by atoms with Gasteiger partial charge in [-0.15, -0.1) is 0 Å². The van der Waals surface area contributed by atoms with E-state index in [1.165, 1.54) is 18.2 Å². The fraction of sp³-hybridized carbons (Fsp3) is 0.143. The maximum Gasteiger partial charge on any atom is 0.269 e. The van der Waals surface area contributed by atoms with Gasteiger partial charge in [-0.3, -0.25) is 10.1 Å². The summed E-state index contributed by atoms with van der Waals surface area (Å²) in [7, 11) is 0. The van der Waals surface area contributed by atoms with Gasteiger partial charge in [0.25, 0.3) is 5.69 Å². The van der Waals surface area contributed by atoms with E-state index in [0.29, 0.717) is 11.3 Å². The topological polar surface area (TPSA) is 52.4 Å². The van der Waals surface area contributed by atoms with Crippen molar-refractivity contribution >= 4 is 5.69 Å². The molecule has 0 N–H and O–H groups in total. The highest BCUT2D eigenvalue weighted by atomic mass is 19.1. The molecular weight excluding hydrogens is 249 g/mol. The van der Waals surface area contributed by atoms with Crippen molar-refractivity contribution in [3.05, 3.63) is 69.5 Å². The summed E-state index contributed by atoms with van der Waals surface area (Å²) in [4.78, 5) is 10.0. The minimum Gasteiger partial charge on any atom is -0.489 e. The Bertz CT molecular complexity index is 596. The molecule has 0 aliphatic rings. The van der Waals surface area contributed by atoms with Gasteiger partial charge in [0.05, 0.1) is 4.92 Å². The minimum absolute atomic E-state index is 0.0325. The Morgan fingerprint density at radius 2 is 1.89 bits per heavy atom. The van der Waals surface area contributed by atoms with E-state index in [4.69, 9.17) is 4.74 Å². The lowest BCUT2D eigenvalue weighted by Crippen LogP contribution is -1.97. The fourth-order valence-corrected chi connectivity index (χ4v) is 1.54. The molecule has 0 radical (unpaired) electrons. The van der Waals surface area contributed by atoms with Crippen LogP contribution >= 0.6 is 0 Å². The molecule has 0 unspecified atom stereocenters. The molecule has 0 aliphatic carbocycles. The van der Waals surface area contributed by atoms with Gasteiger partial charge in [-0.2, -0.15) is 0 Å². The maximum atomic E-state index is 13.3. The molecule has 0 aliphatic heterocycles. The van der Waals surface area contributed by atoms with E-state index >= 15 is 0 Å². The molecule has 0 fully saturated rings. The Hall–Kier alpha value is -2.43. The quantitative estimate of drug-likeness (QED) is 0.624. The number of aryl methyl sites for hydroxylation is 1. The second-order valence-electron chi connectivity index (χ2n) is 4.12. The van der Waals surface area contributed by atoms with Crippen LogP contribution in [-0.4, -0.2) is 4.92 Å². The lowest BCUT2D eigenvalue weighted by molar-refractivity contribution is -0.384. The highest BCUT2D eigenvalue weighted by molar-refractivity contribution is 5.33. The number of ether oxygens (including phenoxy) is 1. The van der Waals surface area contributed by atoms with E-state index < -0.39 is 4.92 Å². The number of hydrogen-bond donors (Lipinski definition) is 0. The molecule has 0 atom stereocenters. The third kappa shape index (κ3) is 3.28. The zero-order valence-corrected chi connectivity index (χ0v) is 10.3. The summed E-state index contributed by atoms with van der Waals surface area (Å²) in [6, 6.07) is 10.7. The molecule has 0 saturated heterocycles. The molecule has 2 aromatic carbocycles. The average molecular weight is 261 g/mol. The van der Waals surface area contributed by atoms with Crippen LogP contribution in [0.3, 0.4) is 0 Å². The van der Waals surface area contributed by atoms with Crippen LogP contribution in [-0.2, 0) is 6.61 Å². The second kappa shape index (κ2) is 5.48. The summed E-state index contributed by atoms with van der Waals surface area (Å²) in [6.07, 6.45) is 0. The van der Waals surface area contributed by atoms with Gasteiger partial charge >= 0.3 is 0 Å². The van der Waals surface area contributed by atoms with Gasteiger partial charge in [-0.05, 0) is 36.2 Å². The standard InChI is InChI=1S/C14H12FNO3/c1-10-2-7-13(8-14(10)15)19-9-11-3-5-12(6-4-11)16(17)18/h2-8H,9H2,1H3. The van der Waals surface area contributed by atoms with Gasteiger partial charge in [-0.1, -0.05) is 6.07 Å². The van der Waals surface area contributed by atoms with Gasteiger partial charge in [0.15, 0.2) is 0 Å². The summed E-state index contributed by atoms with van der Waals surface area (Å²) in [5.74, 6) is 0.114. The van der Waals surface area contributed by atoms with Crippen molar-refractivity contribution in [3.63, 3.8) is 0 Å². The average Bonchev–Trinajstić information content (AvgIpc) is 2.40. The number of nitrogens with zero attached hydrogens (tertiary/aromatic N) is 1. The Balaban J connectivity index is 2.01. The monoisotopic (exact) mass is 261 g/mol. The Morgan fingerprint density at radius 3 is 2.47 bits per heavy atom. The number of benzene rings is 2. The van der Waals surface area contributed by atoms with Crippen LogP contribution in [0, 0.1) is 22.9 Å². The molecule has 4 nitrogen and oxygen atoms in total. The van der Waals surface area contributed by atoms with Crippen molar-refractivity contribution in [1.82, 2.24) is 0 Å². The number of non-ortho nitro benzene ring substituents is 1. The van der Waals surface area contributed by atoms with E-state index in [9.17, 15) is 14.5 Å². The minimum atomic E-state index is -0.458. The van der Waals surface area contributed by atoms with Crippen molar-refractivity contribution in [3.8, 4) is 5.75 Å². The second-order valence-corrected chi connectivity index (χ2v) is 4.12. The molecule has 98 valence electrons. The smallest absolute Gasteiger partial charge is 0.269 e. The van der Waals surface area contributed by atoms with Crippen LogP contribution < -0.4 is 4.74 Å². The summed E-state index contributed by atoms with van der Waals surface area (Å²) < 4.78 is 18.7. The Kier molecular flexibility index (Phi) is 3.75. The lowest BCUT2D eigenvalue weighted by atomic mass is 10.2. The van der Waals surface area contributed by atoms with Gasteiger partial charge in [0, 0.05) is 18.2 Å². The first-order chi connectivity index (χ1) is 9.06. The van der Waals surface area contributed by atoms with E-state index in [2.05, 4.69) is 0 Å². The molecule has 0 saturated carbocycles. The van der Waals surface area contributed by atoms with Crippen LogP contribution in [0.25, 0.3) is 0 Å². The number of nitro groups is 1. The van der Waals surface area contributed by atoms with E-state index in [-0.39, 0.29) is 18.1 Å². The van der Waals surface area contributed by atoms with Gasteiger partial charge in [-0.25, -0.2) is 4.39 Å². The summed E-state index contributed by atoms with van der Waals surface area (Å²) in [6.45, 7) is 1.91. The van der Waals surface area contributed by atoms with E-state index in [1.807, 2.05) is 0 Å². The van der Waals surface area contributed by atoms with E-state index in [1.54, 1.807) is 31.2 Å². The van der Waals surface area contributed by atoms with Gasteiger partial charge < -0.3 is 4.74 Å². The third-order valence-corrected chi connectivity index (χ3v) is 2.70. The molecule has 5 heteroatoms. The summed E-state index contributed by atoms with van der Waals surface area (Å²) >= 11 is 0. The molecule has 19 heavy (non-hydrogen) atoms. The Labute approximate surface area is 109 Å². The van der Waals surface area contributed by atoms with Crippen LogP contribution in [0.2, 0.25) is 0 Å². The molecule has 0 aromatic heterocycles. The summed E-state index contributed by atoms with van der Waals surface area (Å²) in [5, 5.41) is 10.5. The number of halogens is 1. The number of hydrogen-bond acceptors (Lipinski definition) is 3. The van der Waals surface area contributed by atoms with Crippen LogP contribution in [0.1, 0.15) is 11.1 Å². The van der Waals surface area contributed by atoms with Crippen molar-refractivity contribution in [2.24, 2.45) is 0 Å². The molecule has 0 heterocycles. The maximum absolute atomic E-state index is 13.3. The predicted octanol–water partition coefficient (Wildman–Crippen LogP) is 3.62. The third-order valence-electron chi connectivity index (χ3n) is 2.70. The zero-order chi connectivity index (χ0) is 13.8. The number of rotatable bonds is 4. The van der Waals surface area contributed by atoms with Gasteiger partial charge in [0.2, 0.25) is 0 Å². The first kappa shape index (κ1) is 13.0. The zero-order valence-electron chi connectivity index (χ0n) is 10.3. The molecule has 0 bridgehead atoms. The van der Waals surface area contributed by atoms with Crippen molar-refractivity contribution in [2.45, 2.75) is 13.5 Å². The molecule has 0 amide bonds. The van der Waals surface area contributed by atoms with Crippen molar-refractivity contribution in [2.75, 3.05) is 0 Å². The van der Waals surface area contributed by atoms with Crippen molar-refractivity contribution < 1.29 is 14.1 Å². The lowest BCUT2D eigenvalue weighted by Gasteiger charge is -2.07. The van der Waals surface area contributed by atoms with Gasteiger partial charge in [0.1, 0.15) is 18.2 Å². The predicted molar refractivity (Wildman–Crippen MR) is 68.6 cm³/mol.